The summed E-state index contributed by atoms with van der Waals surface area (Å²) in [5.74, 6) is -0.0981. The van der Waals surface area contributed by atoms with Gasteiger partial charge in [0.15, 0.2) is 0 Å². The Balaban J connectivity index is 1.99. The lowest BCUT2D eigenvalue weighted by molar-refractivity contribution is -0.0225. The Bertz CT molecular complexity index is 723. The van der Waals surface area contributed by atoms with Crippen LogP contribution in [-0.2, 0) is 4.74 Å². The molecule has 110 valence electrons. The van der Waals surface area contributed by atoms with Crippen molar-refractivity contribution in [2.75, 3.05) is 19.7 Å². The molecule has 0 saturated carbocycles. The molecule has 1 amide bonds. The Morgan fingerprint density at radius 1 is 1.43 bits per heavy atom. The zero-order valence-electron chi connectivity index (χ0n) is 12.0. The van der Waals surface area contributed by atoms with Gasteiger partial charge in [-0.05, 0) is 12.5 Å². The number of carbonyl (C=O) groups excluding carboxylic acids is 1. The summed E-state index contributed by atoms with van der Waals surface area (Å²) in [6.45, 7) is 3.74. The maximum absolute atomic E-state index is 12.7. The second-order valence-corrected chi connectivity index (χ2v) is 5.25. The van der Waals surface area contributed by atoms with Crippen molar-refractivity contribution in [2.24, 2.45) is 0 Å². The summed E-state index contributed by atoms with van der Waals surface area (Å²) >= 11 is 0. The van der Waals surface area contributed by atoms with E-state index in [1.54, 1.807) is 4.90 Å². The number of aromatic amines is 1. The Hall–Kier alpha value is -2.14. The third kappa shape index (κ3) is 2.69. The fraction of sp³-hybridized carbons (Fsp3) is 0.375. The van der Waals surface area contributed by atoms with Gasteiger partial charge in [0, 0.05) is 30.1 Å². The molecule has 1 fully saturated rings. The van der Waals surface area contributed by atoms with Crippen LogP contribution in [-0.4, -0.2) is 41.6 Å². The third-order valence-corrected chi connectivity index (χ3v) is 3.86. The van der Waals surface area contributed by atoms with Crippen molar-refractivity contribution in [1.82, 2.24) is 9.88 Å². The van der Waals surface area contributed by atoms with Crippen molar-refractivity contribution in [1.29, 1.82) is 0 Å². The topological polar surface area (TPSA) is 62.4 Å². The van der Waals surface area contributed by atoms with Crippen LogP contribution in [0.5, 0.6) is 0 Å². The van der Waals surface area contributed by atoms with E-state index >= 15 is 0 Å². The SMILES string of the molecule is CC[C@@H]1CN(C(=O)c2cc(=O)[nH]c3ccccc23)CCO1. The first-order valence-electron chi connectivity index (χ1n) is 7.22. The first-order chi connectivity index (χ1) is 10.2. The van der Waals surface area contributed by atoms with Gasteiger partial charge in [0.25, 0.3) is 5.91 Å². The number of nitrogens with one attached hydrogen (secondary N) is 1. The van der Waals surface area contributed by atoms with Crippen LogP contribution >= 0.6 is 0 Å². The summed E-state index contributed by atoms with van der Waals surface area (Å²) in [5, 5.41) is 0.779. The fourth-order valence-corrected chi connectivity index (χ4v) is 2.70. The highest BCUT2D eigenvalue weighted by molar-refractivity contribution is 6.05. The van der Waals surface area contributed by atoms with Crippen molar-refractivity contribution in [3.8, 4) is 0 Å². The third-order valence-electron chi connectivity index (χ3n) is 3.86. The highest BCUT2D eigenvalue weighted by atomic mass is 16.5. The molecule has 0 unspecified atom stereocenters. The normalized spacial score (nSPS) is 18.9. The van der Waals surface area contributed by atoms with Gasteiger partial charge < -0.3 is 14.6 Å². The van der Waals surface area contributed by atoms with E-state index in [9.17, 15) is 9.59 Å². The van der Waals surface area contributed by atoms with Crippen LogP contribution in [0.2, 0.25) is 0 Å². The number of amides is 1. The summed E-state index contributed by atoms with van der Waals surface area (Å²) in [7, 11) is 0. The van der Waals surface area contributed by atoms with E-state index in [-0.39, 0.29) is 17.6 Å². The lowest BCUT2D eigenvalue weighted by Gasteiger charge is -2.32. The van der Waals surface area contributed by atoms with Gasteiger partial charge in [-0.1, -0.05) is 25.1 Å². The van der Waals surface area contributed by atoms with Crippen molar-refractivity contribution in [3.63, 3.8) is 0 Å². The molecule has 0 bridgehead atoms. The van der Waals surface area contributed by atoms with Crippen LogP contribution in [0.25, 0.3) is 10.9 Å². The lowest BCUT2D eigenvalue weighted by Crippen LogP contribution is -2.45. The summed E-state index contributed by atoms with van der Waals surface area (Å²) < 4.78 is 5.59. The highest BCUT2D eigenvalue weighted by Crippen LogP contribution is 2.18. The average molecular weight is 286 g/mol. The molecule has 1 aliphatic heterocycles. The number of benzene rings is 1. The summed E-state index contributed by atoms with van der Waals surface area (Å²) in [4.78, 5) is 29.0. The van der Waals surface area contributed by atoms with Gasteiger partial charge in [0.05, 0.1) is 18.3 Å². The number of hydrogen-bond donors (Lipinski definition) is 1. The number of nitrogens with zero attached hydrogens (tertiary/aromatic N) is 1. The zero-order valence-corrected chi connectivity index (χ0v) is 12.0. The molecule has 1 aliphatic rings. The quantitative estimate of drug-likeness (QED) is 0.915. The number of pyridine rings is 1. The van der Waals surface area contributed by atoms with Crippen LogP contribution in [0.4, 0.5) is 0 Å². The predicted octanol–water partition coefficient (Wildman–Crippen LogP) is 1.78. The summed E-state index contributed by atoms with van der Waals surface area (Å²) in [6.07, 6.45) is 0.954. The summed E-state index contributed by atoms with van der Waals surface area (Å²) in [5.41, 5.74) is 0.900. The van der Waals surface area contributed by atoms with Crippen LogP contribution in [0.15, 0.2) is 35.1 Å². The molecule has 0 aliphatic carbocycles. The number of para-hydroxylation sites is 1. The van der Waals surface area contributed by atoms with Crippen LogP contribution in [0.3, 0.4) is 0 Å². The van der Waals surface area contributed by atoms with Gasteiger partial charge in [0.1, 0.15) is 0 Å². The van der Waals surface area contributed by atoms with E-state index < -0.39 is 0 Å². The first-order valence-corrected chi connectivity index (χ1v) is 7.22. The molecule has 2 aromatic rings. The van der Waals surface area contributed by atoms with Crippen molar-refractivity contribution in [3.05, 3.63) is 46.2 Å². The number of H-pyrrole nitrogens is 1. The van der Waals surface area contributed by atoms with E-state index in [1.807, 2.05) is 31.2 Å². The minimum Gasteiger partial charge on any atom is -0.375 e. The number of rotatable bonds is 2. The number of fused-ring (bicyclic) bond motifs is 1. The fourth-order valence-electron chi connectivity index (χ4n) is 2.70. The second kappa shape index (κ2) is 5.69. The van der Waals surface area contributed by atoms with Crippen LogP contribution in [0.1, 0.15) is 23.7 Å². The molecule has 1 aromatic heterocycles. The Kier molecular flexibility index (Phi) is 3.75. The van der Waals surface area contributed by atoms with Crippen molar-refractivity contribution in [2.45, 2.75) is 19.4 Å². The molecule has 0 spiro atoms. The zero-order chi connectivity index (χ0) is 14.8. The molecule has 1 saturated heterocycles. The molecule has 2 heterocycles. The number of morpholine rings is 1. The Labute approximate surface area is 122 Å². The van der Waals surface area contributed by atoms with Crippen LogP contribution < -0.4 is 5.56 Å². The second-order valence-electron chi connectivity index (χ2n) is 5.25. The van der Waals surface area contributed by atoms with E-state index in [1.165, 1.54) is 6.07 Å². The molecule has 1 aromatic carbocycles. The maximum atomic E-state index is 12.7. The number of hydrogen-bond acceptors (Lipinski definition) is 3. The van der Waals surface area contributed by atoms with Gasteiger partial charge in [-0.3, -0.25) is 9.59 Å². The molecule has 0 radical (unpaired) electrons. The van der Waals surface area contributed by atoms with Gasteiger partial charge in [-0.15, -0.1) is 0 Å². The number of ether oxygens (including phenoxy) is 1. The minimum atomic E-state index is -0.252. The van der Waals surface area contributed by atoms with E-state index in [2.05, 4.69) is 4.98 Å². The van der Waals surface area contributed by atoms with Gasteiger partial charge in [-0.2, -0.15) is 0 Å². The Morgan fingerprint density at radius 2 is 2.24 bits per heavy atom. The molecular formula is C16H18N2O3. The van der Waals surface area contributed by atoms with E-state index in [0.29, 0.717) is 30.8 Å². The first kappa shape index (κ1) is 13.8. The highest BCUT2D eigenvalue weighted by Gasteiger charge is 2.25. The molecule has 5 heteroatoms. The number of carbonyl (C=O) groups is 1. The predicted molar refractivity (Wildman–Crippen MR) is 80.5 cm³/mol. The lowest BCUT2D eigenvalue weighted by atomic mass is 10.1. The van der Waals surface area contributed by atoms with Gasteiger partial charge in [0.2, 0.25) is 5.56 Å². The van der Waals surface area contributed by atoms with Gasteiger partial charge >= 0.3 is 0 Å². The van der Waals surface area contributed by atoms with Crippen LogP contribution in [0, 0.1) is 0 Å². The molecule has 3 rings (SSSR count). The maximum Gasteiger partial charge on any atom is 0.254 e. The van der Waals surface area contributed by atoms with Crippen molar-refractivity contribution < 1.29 is 9.53 Å². The molecular weight excluding hydrogens is 268 g/mol. The summed E-state index contributed by atoms with van der Waals surface area (Å²) in [6, 6.07) is 8.76. The number of aromatic nitrogens is 1. The minimum absolute atomic E-state index is 0.0796. The standard InChI is InChI=1S/C16H18N2O3/c1-2-11-10-18(7-8-21-11)16(20)13-9-15(19)17-14-6-4-3-5-12(13)14/h3-6,9,11H,2,7-8,10H2,1H3,(H,17,19)/t11-/m1/s1. The molecule has 21 heavy (non-hydrogen) atoms. The average Bonchev–Trinajstić information content (AvgIpc) is 2.53. The monoisotopic (exact) mass is 286 g/mol. The molecule has 5 nitrogen and oxygen atoms in total. The largest absolute Gasteiger partial charge is 0.375 e. The Morgan fingerprint density at radius 3 is 3.05 bits per heavy atom. The smallest absolute Gasteiger partial charge is 0.254 e. The molecule has 1 atom stereocenters. The van der Waals surface area contributed by atoms with E-state index in [4.69, 9.17) is 4.74 Å². The van der Waals surface area contributed by atoms with E-state index in [0.717, 1.165) is 11.8 Å². The van der Waals surface area contributed by atoms with Crippen molar-refractivity contribution >= 4 is 16.8 Å². The molecule has 1 N–H and O–H groups in total. The van der Waals surface area contributed by atoms with Gasteiger partial charge in [-0.25, -0.2) is 0 Å².